The van der Waals surface area contributed by atoms with E-state index in [9.17, 15) is 18.0 Å². The maximum Gasteiger partial charge on any atom is 0.269 e. The lowest BCUT2D eigenvalue weighted by molar-refractivity contribution is -0.116. The predicted molar refractivity (Wildman–Crippen MR) is 109 cm³/mol. The molecule has 0 saturated heterocycles. The number of aromatic nitrogens is 1. The fraction of sp³-hybridized carbons (Fsp3) is 0.0556. The molecule has 28 heavy (non-hydrogen) atoms. The van der Waals surface area contributed by atoms with Crippen molar-refractivity contribution in [2.24, 2.45) is 0 Å². The Morgan fingerprint density at radius 2 is 1.96 bits per heavy atom. The summed E-state index contributed by atoms with van der Waals surface area (Å²) in [4.78, 5) is 29.0. The summed E-state index contributed by atoms with van der Waals surface area (Å²) in [6.07, 6.45) is 0. The van der Waals surface area contributed by atoms with Gasteiger partial charge in [-0.05, 0) is 24.3 Å². The summed E-state index contributed by atoms with van der Waals surface area (Å²) in [6.45, 7) is -0.609. The fourth-order valence-corrected chi connectivity index (χ4v) is 5.45. The lowest BCUT2D eigenvalue weighted by atomic mass is 10.2. The van der Waals surface area contributed by atoms with Crippen LogP contribution in [-0.2, 0) is 14.8 Å². The van der Waals surface area contributed by atoms with Gasteiger partial charge in [-0.15, -0.1) is 11.3 Å². The molecule has 7 nitrogen and oxygen atoms in total. The van der Waals surface area contributed by atoms with Gasteiger partial charge in [0.25, 0.3) is 15.9 Å². The molecule has 1 aliphatic heterocycles. The summed E-state index contributed by atoms with van der Waals surface area (Å²) in [7, 11) is -4.02. The van der Waals surface area contributed by atoms with Crippen LogP contribution >= 0.6 is 27.3 Å². The number of carbonyl (C=O) groups excluding carboxylic acids is 2. The van der Waals surface area contributed by atoms with E-state index in [1.54, 1.807) is 11.4 Å². The molecule has 0 bridgehead atoms. The number of hydrogen-bond donors (Lipinski definition) is 1. The third-order valence-electron chi connectivity index (χ3n) is 4.07. The van der Waals surface area contributed by atoms with Gasteiger partial charge in [0, 0.05) is 15.4 Å². The maximum absolute atomic E-state index is 12.5. The second-order valence-corrected chi connectivity index (χ2v) is 9.51. The van der Waals surface area contributed by atoms with Gasteiger partial charge in [-0.3, -0.25) is 9.59 Å². The average molecular weight is 478 g/mol. The van der Waals surface area contributed by atoms with Crippen LogP contribution in [-0.4, -0.2) is 36.1 Å². The standard InChI is InChI=1S/C18H12BrN3O4S2/c19-12-5-3-4-11(8-12)14-10-27-18(20-14)21-16(23)9-22-17(24)13-6-1-2-7-15(13)28(22,25)26/h1-8,10H,9H2,(H,20,21,23). The van der Waals surface area contributed by atoms with E-state index in [2.05, 4.69) is 26.2 Å². The van der Waals surface area contributed by atoms with Gasteiger partial charge in [0.2, 0.25) is 5.91 Å². The number of thiazole rings is 1. The zero-order valence-electron chi connectivity index (χ0n) is 14.1. The van der Waals surface area contributed by atoms with Gasteiger partial charge < -0.3 is 5.32 Å². The number of sulfonamides is 1. The molecule has 0 atom stereocenters. The third-order valence-corrected chi connectivity index (χ3v) is 7.11. The van der Waals surface area contributed by atoms with Crippen LogP contribution in [0.5, 0.6) is 0 Å². The average Bonchev–Trinajstić information content (AvgIpc) is 3.20. The van der Waals surface area contributed by atoms with Gasteiger partial charge in [0.1, 0.15) is 11.4 Å². The van der Waals surface area contributed by atoms with Crippen molar-refractivity contribution in [3.05, 3.63) is 63.9 Å². The normalized spacial score (nSPS) is 14.8. The highest BCUT2D eigenvalue weighted by molar-refractivity contribution is 9.10. The van der Waals surface area contributed by atoms with Crippen molar-refractivity contribution in [1.29, 1.82) is 0 Å². The van der Waals surface area contributed by atoms with E-state index < -0.39 is 28.4 Å². The second kappa shape index (κ2) is 7.12. The number of nitrogens with zero attached hydrogens (tertiary/aromatic N) is 2. The second-order valence-electron chi connectivity index (χ2n) is 5.91. The third kappa shape index (κ3) is 3.34. The molecule has 0 radical (unpaired) electrons. The Kier molecular flexibility index (Phi) is 4.77. The van der Waals surface area contributed by atoms with Gasteiger partial charge in [-0.1, -0.05) is 40.2 Å². The van der Waals surface area contributed by atoms with Gasteiger partial charge in [0.15, 0.2) is 5.13 Å². The van der Waals surface area contributed by atoms with Crippen LogP contribution in [0.15, 0.2) is 63.3 Å². The molecule has 2 amide bonds. The Morgan fingerprint density at radius 1 is 1.18 bits per heavy atom. The van der Waals surface area contributed by atoms with E-state index in [4.69, 9.17) is 0 Å². The van der Waals surface area contributed by atoms with Crippen molar-refractivity contribution >= 4 is 54.2 Å². The number of hydrogen-bond acceptors (Lipinski definition) is 6. The minimum atomic E-state index is -4.02. The summed E-state index contributed by atoms with van der Waals surface area (Å²) in [5.41, 5.74) is 1.62. The molecular weight excluding hydrogens is 466 g/mol. The molecule has 1 aliphatic rings. The van der Waals surface area contributed by atoms with Crippen LogP contribution in [0, 0.1) is 0 Å². The predicted octanol–water partition coefficient (Wildman–Crippen LogP) is 3.36. The first-order chi connectivity index (χ1) is 13.4. The highest BCUT2D eigenvalue weighted by Gasteiger charge is 2.41. The van der Waals surface area contributed by atoms with Crippen molar-refractivity contribution in [1.82, 2.24) is 9.29 Å². The first kappa shape index (κ1) is 18.8. The molecule has 10 heteroatoms. The number of anilines is 1. The molecular formula is C18H12BrN3O4S2. The molecule has 3 aromatic rings. The molecule has 2 heterocycles. The zero-order chi connectivity index (χ0) is 19.9. The highest BCUT2D eigenvalue weighted by Crippen LogP contribution is 2.30. The van der Waals surface area contributed by atoms with E-state index in [1.165, 1.54) is 29.5 Å². The lowest BCUT2D eigenvalue weighted by Gasteiger charge is -2.13. The summed E-state index contributed by atoms with van der Waals surface area (Å²) >= 11 is 4.61. The Balaban J connectivity index is 1.50. The summed E-state index contributed by atoms with van der Waals surface area (Å²) in [6, 6.07) is 13.4. The largest absolute Gasteiger partial charge is 0.300 e. The summed E-state index contributed by atoms with van der Waals surface area (Å²) < 4.78 is 26.5. The molecule has 4 rings (SSSR count). The van der Waals surface area contributed by atoms with E-state index in [1.807, 2.05) is 24.3 Å². The molecule has 0 spiro atoms. The minimum absolute atomic E-state index is 0.0708. The van der Waals surface area contributed by atoms with Crippen LogP contribution in [0.1, 0.15) is 10.4 Å². The monoisotopic (exact) mass is 477 g/mol. The highest BCUT2D eigenvalue weighted by atomic mass is 79.9. The SMILES string of the molecule is O=C(CN1C(=O)c2ccccc2S1(=O)=O)Nc1nc(-c2cccc(Br)c2)cs1. The van der Waals surface area contributed by atoms with Crippen molar-refractivity contribution in [3.63, 3.8) is 0 Å². The number of benzene rings is 2. The van der Waals surface area contributed by atoms with E-state index >= 15 is 0 Å². The van der Waals surface area contributed by atoms with Crippen LogP contribution in [0.25, 0.3) is 11.3 Å². The van der Waals surface area contributed by atoms with E-state index in [0.717, 1.165) is 10.0 Å². The fourth-order valence-electron chi connectivity index (χ4n) is 2.79. The van der Waals surface area contributed by atoms with Crippen LogP contribution < -0.4 is 5.32 Å². The van der Waals surface area contributed by atoms with Gasteiger partial charge in [-0.2, -0.15) is 0 Å². The number of halogens is 1. The van der Waals surface area contributed by atoms with Crippen LogP contribution in [0.2, 0.25) is 0 Å². The zero-order valence-corrected chi connectivity index (χ0v) is 17.3. The smallest absolute Gasteiger partial charge is 0.269 e. The van der Waals surface area contributed by atoms with Crippen LogP contribution in [0.4, 0.5) is 5.13 Å². The van der Waals surface area contributed by atoms with Gasteiger partial charge in [0.05, 0.1) is 11.3 Å². The number of rotatable bonds is 4. The minimum Gasteiger partial charge on any atom is -0.300 e. The van der Waals surface area contributed by atoms with E-state index in [-0.39, 0.29) is 10.5 Å². The van der Waals surface area contributed by atoms with Gasteiger partial charge in [-0.25, -0.2) is 17.7 Å². The van der Waals surface area contributed by atoms with E-state index in [0.29, 0.717) is 15.1 Å². The number of nitrogens with one attached hydrogen (secondary N) is 1. The van der Waals surface area contributed by atoms with Crippen LogP contribution in [0.3, 0.4) is 0 Å². The lowest BCUT2D eigenvalue weighted by Crippen LogP contribution is -2.37. The summed E-state index contributed by atoms with van der Waals surface area (Å²) in [5.74, 6) is -1.35. The molecule has 0 saturated carbocycles. The Bertz CT molecular complexity index is 1210. The Morgan fingerprint density at radius 3 is 2.71 bits per heavy atom. The first-order valence-electron chi connectivity index (χ1n) is 8.04. The molecule has 1 aromatic heterocycles. The topological polar surface area (TPSA) is 96.4 Å². The first-order valence-corrected chi connectivity index (χ1v) is 11.1. The Labute approximate surface area is 173 Å². The maximum atomic E-state index is 12.5. The number of carbonyl (C=O) groups is 2. The van der Waals surface area contributed by atoms with Crippen molar-refractivity contribution in [2.45, 2.75) is 4.90 Å². The molecule has 0 fully saturated rings. The van der Waals surface area contributed by atoms with Crippen molar-refractivity contribution in [3.8, 4) is 11.3 Å². The van der Waals surface area contributed by atoms with Gasteiger partial charge >= 0.3 is 0 Å². The quantitative estimate of drug-likeness (QED) is 0.621. The summed E-state index contributed by atoms with van der Waals surface area (Å²) in [5, 5.41) is 4.66. The Hall–Kier alpha value is -2.56. The number of amides is 2. The van der Waals surface area contributed by atoms with Crippen molar-refractivity contribution in [2.75, 3.05) is 11.9 Å². The molecule has 2 aromatic carbocycles. The number of fused-ring (bicyclic) bond motifs is 1. The van der Waals surface area contributed by atoms with Crippen molar-refractivity contribution < 1.29 is 18.0 Å². The molecule has 0 aliphatic carbocycles. The molecule has 0 unspecified atom stereocenters. The molecule has 1 N–H and O–H groups in total. The molecule has 142 valence electrons.